The molecule has 2 aliphatic heterocycles. The van der Waals surface area contributed by atoms with Crippen LogP contribution >= 0.6 is 0 Å². The topological polar surface area (TPSA) is 81.2 Å². The van der Waals surface area contributed by atoms with Gasteiger partial charge in [-0.25, -0.2) is 15.0 Å². The molecule has 27 heavy (non-hydrogen) atoms. The Morgan fingerprint density at radius 1 is 1.26 bits per heavy atom. The molecule has 1 fully saturated rings. The van der Waals surface area contributed by atoms with Crippen molar-refractivity contribution in [3.63, 3.8) is 0 Å². The standard InChI is InChI=1S/C19H27N7O/c1-12-13(2)22-17(23-18(12)25-7-5-14(9-25)24(3)4)19(27)26-8-6-15-16(10-26)21-11-20-15/h11,14H,5-10H2,1-4H3,(H,20,21)/t14-/m1/s1. The van der Waals surface area contributed by atoms with E-state index >= 15 is 0 Å². The normalized spacial score (nSPS) is 19.7. The van der Waals surface area contributed by atoms with Gasteiger partial charge in [0.05, 0.1) is 24.3 Å². The quantitative estimate of drug-likeness (QED) is 0.874. The average molecular weight is 369 g/mol. The van der Waals surface area contributed by atoms with Gasteiger partial charge in [-0.3, -0.25) is 4.79 Å². The van der Waals surface area contributed by atoms with Gasteiger partial charge in [-0.15, -0.1) is 0 Å². The van der Waals surface area contributed by atoms with Crippen molar-refractivity contribution in [3.8, 4) is 0 Å². The molecule has 2 aliphatic rings. The van der Waals surface area contributed by atoms with E-state index in [-0.39, 0.29) is 5.91 Å². The molecule has 0 bridgehead atoms. The van der Waals surface area contributed by atoms with Gasteiger partial charge >= 0.3 is 0 Å². The van der Waals surface area contributed by atoms with Crippen LogP contribution in [0.2, 0.25) is 0 Å². The summed E-state index contributed by atoms with van der Waals surface area (Å²) in [5.41, 5.74) is 3.98. The van der Waals surface area contributed by atoms with Crippen LogP contribution in [0.1, 0.15) is 39.7 Å². The van der Waals surface area contributed by atoms with Crippen molar-refractivity contribution in [1.82, 2.24) is 29.7 Å². The second kappa shape index (κ2) is 6.92. The fourth-order valence-electron chi connectivity index (χ4n) is 3.90. The van der Waals surface area contributed by atoms with Crippen LogP contribution < -0.4 is 4.90 Å². The zero-order valence-electron chi connectivity index (χ0n) is 16.5. The summed E-state index contributed by atoms with van der Waals surface area (Å²) in [5.74, 6) is 1.08. The van der Waals surface area contributed by atoms with Crippen LogP contribution in [0.15, 0.2) is 6.33 Å². The zero-order valence-corrected chi connectivity index (χ0v) is 16.5. The van der Waals surface area contributed by atoms with Crippen LogP contribution in [0.25, 0.3) is 0 Å². The van der Waals surface area contributed by atoms with Crippen molar-refractivity contribution in [2.24, 2.45) is 0 Å². The van der Waals surface area contributed by atoms with Gasteiger partial charge in [-0.1, -0.05) is 0 Å². The van der Waals surface area contributed by atoms with Crippen LogP contribution in [-0.4, -0.2) is 75.4 Å². The second-order valence-corrected chi connectivity index (χ2v) is 7.74. The molecule has 8 nitrogen and oxygen atoms in total. The van der Waals surface area contributed by atoms with E-state index in [4.69, 9.17) is 4.98 Å². The highest BCUT2D eigenvalue weighted by Gasteiger charge is 2.29. The highest BCUT2D eigenvalue weighted by Crippen LogP contribution is 2.26. The minimum atomic E-state index is -0.108. The van der Waals surface area contributed by atoms with E-state index in [0.29, 0.717) is 25.0 Å². The SMILES string of the molecule is Cc1nc(C(=O)N2CCc3nc[nH]c3C2)nc(N2CC[C@@H](N(C)C)C2)c1C. The monoisotopic (exact) mass is 369 g/mol. The molecule has 0 spiro atoms. The van der Waals surface area contributed by atoms with E-state index in [2.05, 4.69) is 38.8 Å². The number of nitrogens with one attached hydrogen (secondary N) is 1. The first-order chi connectivity index (χ1) is 12.9. The van der Waals surface area contributed by atoms with E-state index in [0.717, 1.165) is 54.4 Å². The molecule has 1 amide bonds. The van der Waals surface area contributed by atoms with Gasteiger partial charge < -0.3 is 19.7 Å². The minimum absolute atomic E-state index is 0.108. The number of fused-ring (bicyclic) bond motifs is 1. The van der Waals surface area contributed by atoms with Crippen molar-refractivity contribution in [1.29, 1.82) is 0 Å². The number of amides is 1. The Balaban J connectivity index is 1.59. The van der Waals surface area contributed by atoms with Crippen LogP contribution in [0, 0.1) is 13.8 Å². The molecule has 144 valence electrons. The van der Waals surface area contributed by atoms with Crippen LogP contribution in [0.5, 0.6) is 0 Å². The summed E-state index contributed by atoms with van der Waals surface area (Å²) in [4.78, 5) is 36.1. The fourth-order valence-corrected chi connectivity index (χ4v) is 3.90. The first-order valence-corrected chi connectivity index (χ1v) is 9.51. The van der Waals surface area contributed by atoms with E-state index < -0.39 is 0 Å². The lowest BCUT2D eigenvalue weighted by molar-refractivity contribution is 0.0719. The molecule has 0 unspecified atom stereocenters. The average Bonchev–Trinajstić information content (AvgIpc) is 3.31. The van der Waals surface area contributed by atoms with Crippen LogP contribution in [0.4, 0.5) is 5.82 Å². The molecule has 2 aromatic heterocycles. The highest BCUT2D eigenvalue weighted by atomic mass is 16.2. The molecule has 0 aromatic carbocycles. The number of likely N-dealkylation sites (N-methyl/N-ethyl adjacent to an activating group) is 1. The summed E-state index contributed by atoms with van der Waals surface area (Å²) in [6, 6.07) is 0.514. The number of nitrogens with zero attached hydrogens (tertiary/aromatic N) is 6. The van der Waals surface area contributed by atoms with Gasteiger partial charge in [0, 0.05) is 43.4 Å². The first-order valence-electron chi connectivity index (χ1n) is 9.51. The van der Waals surface area contributed by atoms with Crippen molar-refractivity contribution in [2.45, 2.75) is 39.3 Å². The van der Waals surface area contributed by atoms with E-state index in [1.54, 1.807) is 11.2 Å². The second-order valence-electron chi connectivity index (χ2n) is 7.74. The number of hydrogen-bond donors (Lipinski definition) is 1. The third-order valence-corrected chi connectivity index (χ3v) is 5.81. The zero-order chi connectivity index (χ0) is 19.1. The third kappa shape index (κ3) is 3.29. The first kappa shape index (κ1) is 17.9. The van der Waals surface area contributed by atoms with E-state index in [9.17, 15) is 4.79 Å². The van der Waals surface area contributed by atoms with Gasteiger partial charge in [0.1, 0.15) is 5.82 Å². The number of hydrogen-bond acceptors (Lipinski definition) is 6. The Morgan fingerprint density at radius 3 is 2.81 bits per heavy atom. The molecule has 4 heterocycles. The smallest absolute Gasteiger partial charge is 0.292 e. The number of anilines is 1. The van der Waals surface area contributed by atoms with E-state index in [1.807, 2.05) is 13.8 Å². The van der Waals surface area contributed by atoms with Gasteiger partial charge in [0.2, 0.25) is 5.82 Å². The number of carbonyl (C=O) groups excluding carboxylic acids is 1. The maximum Gasteiger partial charge on any atom is 0.292 e. The number of H-pyrrole nitrogens is 1. The molecular formula is C19H27N7O. The number of imidazole rings is 1. The lowest BCUT2D eigenvalue weighted by Gasteiger charge is -2.27. The summed E-state index contributed by atoms with van der Waals surface area (Å²) in [6.45, 7) is 7.06. The van der Waals surface area contributed by atoms with Crippen LogP contribution in [-0.2, 0) is 13.0 Å². The minimum Gasteiger partial charge on any atom is -0.355 e. The number of carbonyl (C=O) groups is 1. The molecule has 1 atom stereocenters. The summed E-state index contributed by atoms with van der Waals surface area (Å²) < 4.78 is 0. The lowest BCUT2D eigenvalue weighted by atomic mass is 10.1. The van der Waals surface area contributed by atoms with Crippen molar-refractivity contribution in [2.75, 3.05) is 38.6 Å². The molecule has 0 saturated carbocycles. The van der Waals surface area contributed by atoms with Crippen molar-refractivity contribution in [3.05, 3.63) is 34.8 Å². The summed E-state index contributed by atoms with van der Waals surface area (Å²) in [5, 5.41) is 0. The molecule has 1 N–H and O–H groups in total. The maximum absolute atomic E-state index is 13.1. The summed E-state index contributed by atoms with van der Waals surface area (Å²) in [6.07, 6.45) is 3.56. The Morgan fingerprint density at radius 2 is 2.07 bits per heavy atom. The molecule has 0 aliphatic carbocycles. The summed E-state index contributed by atoms with van der Waals surface area (Å²) >= 11 is 0. The highest BCUT2D eigenvalue weighted by molar-refractivity contribution is 5.91. The van der Waals surface area contributed by atoms with Crippen molar-refractivity contribution < 1.29 is 4.79 Å². The maximum atomic E-state index is 13.1. The van der Waals surface area contributed by atoms with Crippen LogP contribution in [0.3, 0.4) is 0 Å². The molecule has 4 rings (SSSR count). The molecule has 1 saturated heterocycles. The summed E-state index contributed by atoms with van der Waals surface area (Å²) in [7, 11) is 4.22. The largest absolute Gasteiger partial charge is 0.355 e. The fraction of sp³-hybridized carbons (Fsp3) is 0.579. The Hall–Kier alpha value is -2.48. The van der Waals surface area contributed by atoms with Gasteiger partial charge in [-0.2, -0.15) is 0 Å². The van der Waals surface area contributed by atoms with Gasteiger partial charge in [0.15, 0.2) is 0 Å². The van der Waals surface area contributed by atoms with Gasteiger partial charge in [-0.05, 0) is 34.4 Å². The third-order valence-electron chi connectivity index (χ3n) is 5.81. The predicted molar refractivity (Wildman–Crippen MR) is 103 cm³/mol. The molecule has 0 radical (unpaired) electrons. The number of aromatic nitrogens is 4. The van der Waals surface area contributed by atoms with E-state index in [1.165, 1.54) is 0 Å². The number of aromatic amines is 1. The predicted octanol–water partition coefficient (Wildman–Crippen LogP) is 1.16. The number of rotatable bonds is 3. The van der Waals surface area contributed by atoms with Gasteiger partial charge in [0.25, 0.3) is 5.91 Å². The Kier molecular flexibility index (Phi) is 4.59. The Labute approximate surface area is 159 Å². The number of aryl methyl sites for hydroxylation is 1. The van der Waals surface area contributed by atoms with Crippen molar-refractivity contribution >= 4 is 11.7 Å². The Bertz CT molecular complexity index is 860. The molecule has 8 heteroatoms. The molecular weight excluding hydrogens is 342 g/mol. The lowest BCUT2D eigenvalue weighted by Crippen LogP contribution is -2.37. The molecule has 2 aromatic rings.